The molecule has 1 heterocycles. The molecule has 0 aromatic rings. The summed E-state index contributed by atoms with van der Waals surface area (Å²) in [7, 11) is 0. The fourth-order valence-corrected chi connectivity index (χ4v) is 3.40. The molecule has 1 aliphatic heterocycles. The topological polar surface area (TPSA) is 41.6 Å². The van der Waals surface area contributed by atoms with Crippen LogP contribution in [0.5, 0.6) is 0 Å². The summed E-state index contributed by atoms with van der Waals surface area (Å²) in [4.78, 5) is 14.1. The number of amides is 1. The molecule has 1 saturated carbocycles. The van der Waals surface area contributed by atoms with Crippen molar-refractivity contribution < 1.29 is 9.53 Å². The van der Waals surface area contributed by atoms with E-state index in [-0.39, 0.29) is 11.5 Å². The van der Waals surface area contributed by atoms with Crippen molar-refractivity contribution in [1.82, 2.24) is 10.2 Å². The van der Waals surface area contributed by atoms with Crippen molar-refractivity contribution in [2.45, 2.75) is 71.9 Å². The van der Waals surface area contributed by atoms with Crippen LogP contribution in [-0.2, 0) is 4.74 Å². The minimum absolute atomic E-state index is 0.161. The third kappa shape index (κ3) is 4.87. The zero-order valence-electron chi connectivity index (χ0n) is 14.4. The molecule has 0 aromatic heterocycles. The summed E-state index contributed by atoms with van der Waals surface area (Å²) in [6.07, 6.45) is 4.68. The van der Waals surface area contributed by atoms with Crippen LogP contribution >= 0.6 is 0 Å². The summed E-state index contributed by atoms with van der Waals surface area (Å²) < 4.78 is 5.51. The monoisotopic (exact) mass is 296 g/mol. The maximum Gasteiger partial charge on any atom is 0.410 e. The Hall–Kier alpha value is -0.770. The molecule has 0 spiro atoms. The van der Waals surface area contributed by atoms with Crippen LogP contribution in [0.3, 0.4) is 0 Å². The van der Waals surface area contributed by atoms with Gasteiger partial charge in [-0.25, -0.2) is 4.79 Å². The summed E-state index contributed by atoms with van der Waals surface area (Å²) in [6, 6.07) is 0.689. The predicted octanol–water partition coefficient (Wildman–Crippen LogP) is 3.41. The zero-order chi connectivity index (χ0) is 15.7. The van der Waals surface area contributed by atoms with Crippen LogP contribution in [0.4, 0.5) is 4.79 Å². The van der Waals surface area contributed by atoms with E-state index in [1.54, 1.807) is 0 Å². The molecule has 4 nitrogen and oxygen atoms in total. The van der Waals surface area contributed by atoms with Crippen molar-refractivity contribution in [3.8, 4) is 0 Å². The molecule has 1 amide bonds. The average Bonchev–Trinajstić information content (AvgIpc) is 2.31. The fraction of sp³-hybridized carbons (Fsp3) is 0.941. The number of ether oxygens (including phenoxy) is 1. The maximum atomic E-state index is 12.2. The van der Waals surface area contributed by atoms with E-state index in [0.717, 1.165) is 32.0 Å². The number of rotatable bonds is 3. The number of piperidine rings is 1. The first-order valence-corrected chi connectivity index (χ1v) is 8.38. The first kappa shape index (κ1) is 16.6. The van der Waals surface area contributed by atoms with E-state index in [1.165, 1.54) is 19.3 Å². The van der Waals surface area contributed by atoms with Crippen molar-refractivity contribution in [2.75, 3.05) is 19.6 Å². The molecular weight excluding hydrogens is 264 g/mol. The number of nitrogens with one attached hydrogen (secondary N) is 1. The standard InChI is InChI=1S/C17H32N2O2/c1-13-9-14(10-13)18-11-17(5)7-6-8-19(12-17)15(20)21-16(2,3)4/h13-14,18H,6-12H2,1-5H3. The summed E-state index contributed by atoms with van der Waals surface area (Å²) in [5.74, 6) is 0.875. The molecule has 1 atom stereocenters. The Bertz CT molecular complexity index is 371. The molecule has 1 saturated heterocycles. The molecule has 122 valence electrons. The van der Waals surface area contributed by atoms with Gasteiger partial charge >= 0.3 is 6.09 Å². The summed E-state index contributed by atoms with van der Waals surface area (Å²) >= 11 is 0. The first-order valence-electron chi connectivity index (χ1n) is 8.38. The van der Waals surface area contributed by atoms with E-state index >= 15 is 0 Å². The highest BCUT2D eigenvalue weighted by Gasteiger charge is 2.36. The smallest absolute Gasteiger partial charge is 0.410 e. The van der Waals surface area contributed by atoms with Gasteiger partial charge < -0.3 is 15.0 Å². The van der Waals surface area contributed by atoms with Crippen molar-refractivity contribution in [2.24, 2.45) is 11.3 Å². The maximum absolute atomic E-state index is 12.2. The molecular formula is C17H32N2O2. The van der Waals surface area contributed by atoms with Gasteiger partial charge in [0, 0.05) is 25.7 Å². The molecule has 2 fully saturated rings. The number of nitrogens with zero attached hydrogens (tertiary/aromatic N) is 1. The molecule has 1 aliphatic carbocycles. The van der Waals surface area contributed by atoms with E-state index in [9.17, 15) is 4.79 Å². The Balaban J connectivity index is 1.82. The summed E-state index contributed by atoms with van der Waals surface area (Å²) in [5, 5.41) is 3.69. The predicted molar refractivity (Wildman–Crippen MR) is 85.3 cm³/mol. The highest BCUT2D eigenvalue weighted by atomic mass is 16.6. The fourth-order valence-electron chi connectivity index (χ4n) is 3.40. The second-order valence-electron chi connectivity index (χ2n) is 8.47. The Morgan fingerprint density at radius 3 is 2.62 bits per heavy atom. The average molecular weight is 296 g/mol. The summed E-state index contributed by atoms with van der Waals surface area (Å²) in [5.41, 5.74) is -0.237. The van der Waals surface area contributed by atoms with Crippen LogP contribution in [0.1, 0.15) is 60.3 Å². The second kappa shape index (κ2) is 6.15. The molecule has 4 heteroatoms. The van der Waals surface area contributed by atoms with Gasteiger partial charge in [-0.05, 0) is 57.8 Å². The van der Waals surface area contributed by atoms with E-state index in [1.807, 2.05) is 25.7 Å². The largest absolute Gasteiger partial charge is 0.444 e. The van der Waals surface area contributed by atoms with Crippen molar-refractivity contribution in [3.05, 3.63) is 0 Å². The van der Waals surface area contributed by atoms with Gasteiger partial charge in [0.2, 0.25) is 0 Å². The van der Waals surface area contributed by atoms with Crippen molar-refractivity contribution in [1.29, 1.82) is 0 Å². The number of likely N-dealkylation sites (tertiary alicyclic amines) is 1. The number of carbonyl (C=O) groups is 1. The molecule has 0 aromatic carbocycles. The first-order chi connectivity index (χ1) is 9.67. The van der Waals surface area contributed by atoms with Crippen LogP contribution in [0.25, 0.3) is 0 Å². The third-order valence-corrected chi connectivity index (χ3v) is 4.62. The van der Waals surface area contributed by atoms with Crippen LogP contribution in [0.15, 0.2) is 0 Å². The lowest BCUT2D eigenvalue weighted by molar-refractivity contribution is 0.00586. The van der Waals surface area contributed by atoms with Crippen LogP contribution in [0.2, 0.25) is 0 Å². The van der Waals surface area contributed by atoms with E-state index in [0.29, 0.717) is 6.04 Å². The number of hydrogen-bond acceptors (Lipinski definition) is 3. The minimum Gasteiger partial charge on any atom is -0.444 e. The Kier molecular flexibility index (Phi) is 4.86. The highest BCUT2D eigenvalue weighted by molar-refractivity contribution is 5.68. The minimum atomic E-state index is -0.411. The second-order valence-corrected chi connectivity index (χ2v) is 8.47. The third-order valence-electron chi connectivity index (χ3n) is 4.62. The van der Waals surface area contributed by atoms with Gasteiger partial charge in [0.1, 0.15) is 5.60 Å². The van der Waals surface area contributed by atoms with Crippen molar-refractivity contribution in [3.63, 3.8) is 0 Å². The molecule has 2 aliphatic rings. The van der Waals surface area contributed by atoms with E-state index < -0.39 is 5.60 Å². The summed E-state index contributed by atoms with van der Waals surface area (Å²) in [6.45, 7) is 13.0. The van der Waals surface area contributed by atoms with Gasteiger partial charge in [-0.3, -0.25) is 0 Å². The van der Waals surface area contributed by atoms with Gasteiger partial charge in [-0.15, -0.1) is 0 Å². The quantitative estimate of drug-likeness (QED) is 0.867. The highest BCUT2D eigenvalue weighted by Crippen LogP contribution is 2.32. The molecule has 0 bridgehead atoms. The molecule has 1 unspecified atom stereocenters. The molecule has 21 heavy (non-hydrogen) atoms. The van der Waals surface area contributed by atoms with E-state index in [2.05, 4.69) is 19.2 Å². The lowest BCUT2D eigenvalue weighted by atomic mass is 9.78. The van der Waals surface area contributed by atoms with Crippen LogP contribution in [-0.4, -0.2) is 42.3 Å². The number of hydrogen-bond donors (Lipinski definition) is 1. The van der Waals surface area contributed by atoms with Gasteiger partial charge in [-0.1, -0.05) is 13.8 Å². The van der Waals surface area contributed by atoms with Crippen LogP contribution in [0, 0.1) is 11.3 Å². The zero-order valence-corrected chi connectivity index (χ0v) is 14.4. The van der Waals surface area contributed by atoms with Crippen molar-refractivity contribution >= 4 is 6.09 Å². The molecule has 0 radical (unpaired) electrons. The SMILES string of the molecule is CC1CC(NCC2(C)CCCN(C(=O)OC(C)(C)C)C2)C1. The molecule has 1 N–H and O–H groups in total. The van der Waals surface area contributed by atoms with Crippen LogP contribution < -0.4 is 5.32 Å². The lowest BCUT2D eigenvalue weighted by Gasteiger charge is -2.43. The van der Waals surface area contributed by atoms with Gasteiger partial charge in [-0.2, -0.15) is 0 Å². The van der Waals surface area contributed by atoms with Gasteiger partial charge in [0.25, 0.3) is 0 Å². The Morgan fingerprint density at radius 1 is 1.38 bits per heavy atom. The lowest BCUT2D eigenvalue weighted by Crippen LogP contribution is -2.52. The van der Waals surface area contributed by atoms with E-state index in [4.69, 9.17) is 4.74 Å². The number of carbonyl (C=O) groups excluding carboxylic acids is 1. The normalized spacial score (nSPS) is 33.5. The Labute approximate surface area is 129 Å². The van der Waals surface area contributed by atoms with Gasteiger partial charge in [0.15, 0.2) is 0 Å². The molecule has 2 rings (SSSR count). The van der Waals surface area contributed by atoms with Gasteiger partial charge in [0.05, 0.1) is 0 Å². The Morgan fingerprint density at radius 2 is 2.05 bits per heavy atom.